The first kappa shape index (κ1) is 21.8. The van der Waals surface area contributed by atoms with Crippen molar-refractivity contribution in [2.45, 2.75) is 45.6 Å². The maximum Gasteiger partial charge on any atom is 0.230 e. The fraction of sp³-hybridized carbons (Fsp3) is 0.286. The van der Waals surface area contributed by atoms with Crippen LogP contribution in [0.5, 0.6) is 0 Å². The summed E-state index contributed by atoms with van der Waals surface area (Å²) in [6.45, 7) is 2.63. The number of para-hydroxylation sites is 1. The molecule has 0 bridgehead atoms. The lowest BCUT2D eigenvalue weighted by Crippen LogP contribution is -2.35. The van der Waals surface area contributed by atoms with Crippen molar-refractivity contribution in [3.05, 3.63) is 95.6 Å². The number of nitrogens with one attached hydrogen (secondary N) is 1. The van der Waals surface area contributed by atoms with Crippen molar-refractivity contribution in [1.82, 2.24) is 0 Å². The molecule has 0 saturated heterocycles. The SMILES string of the molecule is Cc1cccc(CN(C(=O)C2CCCC2)c2ccc(CC(=O)Nc3ccccc3)cc2)c1. The van der Waals surface area contributed by atoms with Gasteiger partial charge >= 0.3 is 0 Å². The zero-order chi connectivity index (χ0) is 22.3. The van der Waals surface area contributed by atoms with Gasteiger partial charge in [0.15, 0.2) is 0 Å². The molecule has 1 aliphatic rings. The molecule has 1 fully saturated rings. The number of rotatable bonds is 7. The van der Waals surface area contributed by atoms with Crippen LogP contribution in [0.1, 0.15) is 42.4 Å². The van der Waals surface area contributed by atoms with E-state index in [2.05, 4.69) is 30.4 Å². The maximum atomic E-state index is 13.4. The predicted molar refractivity (Wildman–Crippen MR) is 130 cm³/mol. The highest BCUT2D eigenvalue weighted by atomic mass is 16.2. The van der Waals surface area contributed by atoms with E-state index in [-0.39, 0.29) is 17.7 Å². The molecule has 4 rings (SSSR count). The Balaban J connectivity index is 1.49. The van der Waals surface area contributed by atoms with Gasteiger partial charge in [0.1, 0.15) is 0 Å². The molecule has 3 aromatic rings. The zero-order valence-electron chi connectivity index (χ0n) is 18.6. The molecule has 0 unspecified atom stereocenters. The first-order chi connectivity index (χ1) is 15.6. The predicted octanol–water partition coefficient (Wildman–Crippen LogP) is 5.90. The van der Waals surface area contributed by atoms with Crippen LogP contribution in [0, 0.1) is 12.8 Å². The highest BCUT2D eigenvalue weighted by Gasteiger charge is 2.28. The zero-order valence-corrected chi connectivity index (χ0v) is 18.6. The highest BCUT2D eigenvalue weighted by molar-refractivity contribution is 5.95. The van der Waals surface area contributed by atoms with Crippen LogP contribution in [-0.4, -0.2) is 11.8 Å². The number of hydrogen-bond donors (Lipinski definition) is 1. The molecular formula is C28H30N2O2. The monoisotopic (exact) mass is 426 g/mol. The summed E-state index contributed by atoms with van der Waals surface area (Å²) in [5.41, 5.74) is 4.92. The highest BCUT2D eigenvalue weighted by Crippen LogP contribution is 2.30. The van der Waals surface area contributed by atoms with Gasteiger partial charge in [0, 0.05) is 17.3 Å². The number of hydrogen-bond acceptors (Lipinski definition) is 2. The third kappa shape index (κ3) is 5.64. The first-order valence-electron chi connectivity index (χ1n) is 11.4. The lowest BCUT2D eigenvalue weighted by Gasteiger charge is -2.26. The molecule has 1 aliphatic carbocycles. The van der Waals surface area contributed by atoms with Crippen LogP contribution in [0.4, 0.5) is 11.4 Å². The van der Waals surface area contributed by atoms with Crippen LogP contribution in [0.2, 0.25) is 0 Å². The van der Waals surface area contributed by atoms with Crippen LogP contribution < -0.4 is 10.2 Å². The smallest absolute Gasteiger partial charge is 0.230 e. The Morgan fingerprint density at radius 2 is 1.59 bits per heavy atom. The molecule has 0 radical (unpaired) electrons. The molecule has 0 spiro atoms. The normalized spacial score (nSPS) is 13.7. The number of aryl methyl sites for hydroxylation is 1. The van der Waals surface area contributed by atoms with Gasteiger partial charge in [-0.1, -0.05) is 73.0 Å². The Bertz CT molecular complexity index is 1050. The molecule has 0 atom stereocenters. The van der Waals surface area contributed by atoms with E-state index in [0.29, 0.717) is 13.0 Å². The topological polar surface area (TPSA) is 49.4 Å². The third-order valence-electron chi connectivity index (χ3n) is 6.06. The molecule has 3 aromatic carbocycles. The second kappa shape index (κ2) is 10.3. The van der Waals surface area contributed by atoms with E-state index >= 15 is 0 Å². The number of benzene rings is 3. The van der Waals surface area contributed by atoms with Gasteiger partial charge in [0.25, 0.3) is 0 Å². The van der Waals surface area contributed by atoms with E-state index in [1.165, 1.54) is 5.56 Å². The molecule has 164 valence electrons. The van der Waals surface area contributed by atoms with Gasteiger partial charge < -0.3 is 10.2 Å². The van der Waals surface area contributed by atoms with Gasteiger partial charge in [0.2, 0.25) is 11.8 Å². The molecular weight excluding hydrogens is 396 g/mol. The van der Waals surface area contributed by atoms with E-state index in [1.807, 2.05) is 65.6 Å². The van der Waals surface area contributed by atoms with Crippen molar-refractivity contribution < 1.29 is 9.59 Å². The molecule has 4 nitrogen and oxygen atoms in total. The number of nitrogens with zero attached hydrogens (tertiary/aromatic N) is 1. The minimum Gasteiger partial charge on any atom is -0.326 e. The van der Waals surface area contributed by atoms with Crippen molar-refractivity contribution in [3.63, 3.8) is 0 Å². The summed E-state index contributed by atoms with van der Waals surface area (Å²) in [7, 11) is 0. The van der Waals surface area contributed by atoms with Gasteiger partial charge in [-0.3, -0.25) is 9.59 Å². The summed E-state index contributed by atoms with van der Waals surface area (Å²) in [6.07, 6.45) is 4.50. The lowest BCUT2D eigenvalue weighted by molar-refractivity contribution is -0.122. The van der Waals surface area contributed by atoms with Crippen LogP contribution in [0.3, 0.4) is 0 Å². The largest absolute Gasteiger partial charge is 0.326 e. The average Bonchev–Trinajstić information content (AvgIpc) is 3.33. The Morgan fingerprint density at radius 1 is 0.875 bits per heavy atom. The lowest BCUT2D eigenvalue weighted by atomic mass is 10.0. The van der Waals surface area contributed by atoms with Crippen molar-refractivity contribution in [1.29, 1.82) is 0 Å². The molecule has 2 amide bonds. The van der Waals surface area contributed by atoms with Crippen LogP contribution in [0.25, 0.3) is 0 Å². The van der Waals surface area contributed by atoms with Gasteiger partial charge in [-0.2, -0.15) is 0 Å². The van der Waals surface area contributed by atoms with Crippen molar-refractivity contribution in [3.8, 4) is 0 Å². The van der Waals surface area contributed by atoms with Gasteiger partial charge in [-0.25, -0.2) is 0 Å². The van der Waals surface area contributed by atoms with E-state index in [0.717, 1.165) is 48.2 Å². The second-order valence-corrected chi connectivity index (χ2v) is 8.65. The fourth-order valence-electron chi connectivity index (χ4n) is 4.39. The van der Waals surface area contributed by atoms with Gasteiger partial charge in [0.05, 0.1) is 13.0 Å². The summed E-state index contributed by atoms with van der Waals surface area (Å²) in [6, 6.07) is 25.6. The minimum atomic E-state index is -0.0531. The molecule has 32 heavy (non-hydrogen) atoms. The molecule has 1 N–H and O–H groups in total. The van der Waals surface area contributed by atoms with E-state index in [1.54, 1.807) is 0 Å². The van der Waals surface area contributed by atoms with Crippen LogP contribution in [-0.2, 0) is 22.6 Å². The Labute approximate surface area is 190 Å². The number of carbonyl (C=O) groups is 2. The van der Waals surface area contributed by atoms with E-state index < -0.39 is 0 Å². The van der Waals surface area contributed by atoms with Gasteiger partial charge in [-0.15, -0.1) is 0 Å². The summed E-state index contributed by atoms with van der Waals surface area (Å²) < 4.78 is 0. The van der Waals surface area contributed by atoms with Crippen molar-refractivity contribution >= 4 is 23.2 Å². The van der Waals surface area contributed by atoms with Gasteiger partial charge in [-0.05, 0) is 55.2 Å². The Morgan fingerprint density at radius 3 is 2.28 bits per heavy atom. The van der Waals surface area contributed by atoms with Crippen molar-refractivity contribution in [2.24, 2.45) is 5.92 Å². The van der Waals surface area contributed by atoms with Crippen LogP contribution >= 0.6 is 0 Å². The quantitative estimate of drug-likeness (QED) is 0.511. The molecule has 0 heterocycles. The first-order valence-corrected chi connectivity index (χ1v) is 11.4. The summed E-state index contributed by atoms with van der Waals surface area (Å²) in [5, 5.41) is 2.92. The molecule has 1 saturated carbocycles. The average molecular weight is 427 g/mol. The summed E-state index contributed by atoms with van der Waals surface area (Å²) in [4.78, 5) is 27.7. The minimum absolute atomic E-state index is 0.0531. The third-order valence-corrected chi connectivity index (χ3v) is 6.06. The summed E-state index contributed by atoms with van der Waals surface area (Å²) in [5.74, 6) is 0.261. The standard InChI is InChI=1S/C28H30N2O2/c1-21-8-7-9-23(18-21)20-30(28(32)24-10-5-6-11-24)26-16-14-22(15-17-26)19-27(31)29-25-12-3-2-4-13-25/h2-4,7-9,12-18,24H,5-6,10-11,19-20H2,1H3,(H,29,31). The number of amides is 2. The Hall–Kier alpha value is -3.40. The fourth-order valence-corrected chi connectivity index (χ4v) is 4.39. The summed E-state index contributed by atoms with van der Waals surface area (Å²) >= 11 is 0. The Kier molecular flexibility index (Phi) is 7.00. The molecule has 0 aliphatic heterocycles. The second-order valence-electron chi connectivity index (χ2n) is 8.65. The maximum absolute atomic E-state index is 13.4. The molecule has 4 heteroatoms. The molecule has 0 aromatic heterocycles. The van der Waals surface area contributed by atoms with E-state index in [9.17, 15) is 9.59 Å². The number of anilines is 2. The van der Waals surface area contributed by atoms with Crippen molar-refractivity contribution in [2.75, 3.05) is 10.2 Å². The van der Waals surface area contributed by atoms with Crippen LogP contribution in [0.15, 0.2) is 78.9 Å². The number of carbonyl (C=O) groups excluding carboxylic acids is 2. The van der Waals surface area contributed by atoms with E-state index in [4.69, 9.17) is 0 Å².